The third-order valence-electron chi connectivity index (χ3n) is 4.21. The minimum Gasteiger partial charge on any atom is -0.334 e. The highest BCUT2D eigenvalue weighted by atomic mass is 16.7. The molecule has 0 fully saturated rings. The topological polar surface area (TPSA) is 81.5 Å². The molecule has 2 aliphatic heterocycles. The van der Waals surface area contributed by atoms with Gasteiger partial charge in [-0.15, -0.1) is 0 Å². The predicted molar refractivity (Wildman–Crippen MR) is 77.1 cm³/mol. The molecule has 0 N–H and O–H groups in total. The van der Waals surface area contributed by atoms with Crippen LogP contribution < -0.4 is 0 Å². The lowest BCUT2D eigenvalue weighted by Gasteiger charge is -2.23. The molecule has 0 radical (unpaired) electrons. The molecule has 7 heteroatoms. The molecule has 23 heavy (non-hydrogen) atoms. The van der Waals surface area contributed by atoms with Crippen molar-refractivity contribution >= 4 is 17.8 Å². The lowest BCUT2D eigenvalue weighted by Crippen LogP contribution is -2.37. The number of carbonyl (C=O) groups excluding carboxylic acids is 3. The molecule has 0 spiro atoms. The smallest absolute Gasteiger partial charge is 0.334 e. The van der Waals surface area contributed by atoms with Crippen molar-refractivity contribution in [3.05, 3.63) is 53.6 Å². The summed E-state index contributed by atoms with van der Waals surface area (Å²) in [5.74, 6) is -1.24. The molecule has 2 amide bonds. The zero-order valence-corrected chi connectivity index (χ0v) is 12.1. The van der Waals surface area contributed by atoms with E-state index in [1.807, 2.05) is 4.57 Å². The van der Waals surface area contributed by atoms with Gasteiger partial charge in [-0.25, -0.2) is 9.78 Å². The van der Waals surface area contributed by atoms with Crippen LogP contribution in [0.5, 0.6) is 0 Å². The van der Waals surface area contributed by atoms with Crippen molar-refractivity contribution in [2.45, 2.75) is 19.4 Å². The molecule has 2 aromatic rings. The fourth-order valence-electron chi connectivity index (χ4n) is 2.97. The van der Waals surface area contributed by atoms with E-state index in [9.17, 15) is 14.4 Å². The number of rotatable bonds is 2. The van der Waals surface area contributed by atoms with Crippen molar-refractivity contribution in [1.82, 2.24) is 14.6 Å². The fraction of sp³-hybridized carbons (Fsp3) is 0.250. The van der Waals surface area contributed by atoms with Gasteiger partial charge in [0, 0.05) is 25.4 Å². The summed E-state index contributed by atoms with van der Waals surface area (Å²) in [6.45, 7) is 0.442. The molecule has 4 rings (SSSR count). The number of fused-ring (bicyclic) bond motifs is 2. The van der Waals surface area contributed by atoms with Crippen LogP contribution in [0, 0.1) is 5.92 Å². The van der Waals surface area contributed by atoms with Gasteiger partial charge in [0.1, 0.15) is 5.82 Å². The van der Waals surface area contributed by atoms with Gasteiger partial charge in [0.2, 0.25) is 0 Å². The molecular formula is C16H13N3O4. The highest BCUT2D eigenvalue weighted by Gasteiger charge is 2.40. The van der Waals surface area contributed by atoms with Crippen molar-refractivity contribution in [3.63, 3.8) is 0 Å². The van der Waals surface area contributed by atoms with E-state index in [0.717, 1.165) is 5.82 Å². The maximum Gasteiger partial charge on any atom is 0.338 e. The fourth-order valence-corrected chi connectivity index (χ4v) is 2.97. The molecule has 3 heterocycles. The first-order valence-corrected chi connectivity index (χ1v) is 7.35. The largest absolute Gasteiger partial charge is 0.338 e. The summed E-state index contributed by atoms with van der Waals surface area (Å²) in [7, 11) is 0. The van der Waals surface area contributed by atoms with Gasteiger partial charge >= 0.3 is 5.97 Å². The van der Waals surface area contributed by atoms with Crippen LogP contribution in [-0.4, -0.2) is 32.4 Å². The van der Waals surface area contributed by atoms with Gasteiger partial charge in [0.15, 0.2) is 0 Å². The van der Waals surface area contributed by atoms with E-state index in [-0.39, 0.29) is 11.1 Å². The van der Waals surface area contributed by atoms with Gasteiger partial charge in [-0.1, -0.05) is 17.2 Å². The normalized spacial score (nSPS) is 19.5. The Labute approximate surface area is 131 Å². The maximum atomic E-state index is 12.3. The van der Waals surface area contributed by atoms with Crippen LogP contribution in [0.15, 0.2) is 36.7 Å². The Kier molecular flexibility index (Phi) is 3.00. The number of hydrogen-bond acceptors (Lipinski definition) is 5. The highest BCUT2D eigenvalue weighted by molar-refractivity contribution is 6.20. The SMILES string of the molecule is O=C(ON1C(=O)c2ccccc2C1=O)C1CCc2nccn2C1. The first-order chi connectivity index (χ1) is 11.1. The molecule has 1 atom stereocenters. The van der Waals surface area contributed by atoms with Crippen LogP contribution in [0.1, 0.15) is 33.0 Å². The summed E-state index contributed by atoms with van der Waals surface area (Å²) in [6, 6.07) is 6.41. The number of amides is 2. The number of imide groups is 1. The van der Waals surface area contributed by atoms with Crippen molar-refractivity contribution < 1.29 is 19.2 Å². The number of aromatic nitrogens is 2. The van der Waals surface area contributed by atoms with Crippen molar-refractivity contribution in [1.29, 1.82) is 0 Å². The van der Waals surface area contributed by atoms with Gasteiger partial charge in [-0.2, -0.15) is 0 Å². The Balaban J connectivity index is 1.50. The summed E-state index contributed by atoms with van der Waals surface area (Å²) in [4.78, 5) is 46.0. The quantitative estimate of drug-likeness (QED) is 0.778. The minimum atomic E-state index is -0.599. The number of nitrogens with zero attached hydrogens (tertiary/aromatic N) is 3. The number of imidazole rings is 1. The van der Waals surface area contributed by atoms with E-state index in [1.165, 1.54) is 0 Å². The Morgan fingerprint density at radius 3 is 2.57 bits per heavy atom. The molecular weight excluding hydrogens is 298 g/mol. The first kappa shape index (κ1) is 13.7. The molecule has 1 aromatic heterocycles. The van der Waals surface area contributed by atoms with E-state index >= 15 is 0 Å². The number of hydrogen-bond donors (Lipinski definition) is 0. The van der Waals surface area contributed by atoms with Crippen LogP contribution in [0.2, 0.25) is 0 Å². The molecule has 0 bridgehead atoms. The van der Waals surface area contributed by atoms with E-state index < -0.39 is 23.7 Å². The van der Waals surface area contributed by atoms with Gasteiger partial charge < -0.3 is 9.40 Å². The zero-order valence-electron chi connectivity index (χ0n) is 12.1. The average molecular weight is 311 g/mol. The molecule has 1 unspecified atom stereocenters. The van der Waals surface area contributed by atoms with Gasteiger partial charge in [-0.05, 0) is 18.6 Å². The van der Waals surface area contributed by atoms with E-state index in [2.05, 4.69) is 4.98 Å². The van der Waals surface area contributed by atoms with Crippen LogP contribution in [0.4, 0.5) is 0 Å². The first-order valence-electron chi connectivity index (χ1n) is 7.35. The van der Waals surface area contributed by atoms with Crippen molar-refractivity contribution in [2.75, 3.05) is 0 Å². The molecule has 0 saturated carbocycles. The summed E-state index contributed by atoms with van der Waals surface area (Å²) in [5.41, 5.74) is 0.511. The molecule has 116 valence electrons. The Morgan fingerprint density at radius 2 is 1.87 bits per heavy atom. The second kappa shape index (κ2) is 5.05. The predicted octanol–water partition coefficient (Wildman–Crippen LogP) is 1.20. The van der Waals surface area contributed by atoms with Crippen LogP contribution in [0.3, 0.4) is 0 Å². The van der Waals surface area contributed by atoms with E-state index in [0.29, 0.717) is 24.4 Å². The third-order valence-corrected chi connectivity index (χ3v) is 4.21. The number of carbonyl (C=O) groups is 3. The Bertz CT molecular complexity index is 791. The summed E-state index contributed by atoms with van der Waals surface area (Å²) >= 11 is 0. The summed E-state index contributed by atoms with van der Waals surface area (Å²) < 4.78 is 1.89. The molecule has 7 nitrogen and oxygen atoms in total. The number of benzene rings is 1. The summed E-state index contributed by atoms with van der Waals surface area (Å²) in [5, 5.41) is 0.566. The second-order valence-electron chi connectivity index (χ2n) is 5.59. The molecule has 2 aliphatic rings. The standard InChI is InChI=1S/C16H13N3O4/c20-14-11-3-1-2-4-12(11)15(21)19(14)23-16(22)10-5-6-13-17-7-8-18(13)9-10/h1-4,7-8,10H,5-6,9H2. The lowest BCUT2D eigenvalue weighted by molar-refractivity contribution is -0.174. The molecule has 0 saturated heterocycles. The Hall–Kier alpha value is -2.96. The molecule has 1 aromatic carbocycles. The van der Waals surface area contributed by atoms with Crippen LogP contribution >= 0.6 is 0 Å². The van der Waals surface area contributed by atoms with Gasteiger partial charge in [-0.3, -0.25) is 9.59 Å². The summed E-state index contributed by atoms with van der Waals surface area (Å²) in [6.07, 6.45) is 4.73. The minimum absolute atomic E-state index is 0.255. The van der Waals surface area contributed by atoms with Gasteiger partial charge in [0.25, 0.3) is 11.8 Å². The zero-order chi connectivity index (χ0) is 16.0. The van der Waals surface area contributed by atoms with Crippen LogP contribution in [0.25, 0.3) is 0 Å². The average Bonchev–Trinajstić information content (AvgIpc) is 3.13. The van der Waals surface area contributed by atoms with Crippen molar-refractivity contribution in [3.8, 4) is 0 Å². The Morgan fingerprint density at radius 1 is 1.17 bits per heavy atom. The lowest BCUT2D eigenvalue weighted by atomic mass is 10.00. The molecule has 0 aliphatic carbocycles. The number of aryl methyl sites for hydroxylation is 1. The van der Waals surface area contributed by atoms with Crippen molar-refractivity contribution in [2.24, 2.45) is 5.92 Å². The third kappa shape index (κ3) is 2.12. The van der Waals surface area contributed by atoms with E-state index in [1.54, 1.807) is 36.7 Å². The van der Waals surface area contributed by atoms with E-state index in [4.69, 9.17) is 4.84 Å². The van der Waals surface area contributed by atoms with Gasteiger partial charge in [0.05, 0.1) is 17.0 Å². The number of hydroxylamine groups is 2. The second-order valence-corrected chi connectivity index (χ2v) is 5.59. The van der Waals surface area contributed by atoms with Crippen LogP contribution in [-0.2, 0) is 22.6 Å². The monoisotopic (exact) mass is 311 g/mol. The highest BCUT2D eigenvalue weighted by Crippen LogP contribution is 2.25. The maximum absolute atomic E-state index is 12.3.